The maximum atomic E-state index is 12.3. The zero-order chi connectivity index (χ0) is 20.4. The fourth-order valence-corrected chi connectivity index (χ4v) is 3.76. The molecule has 0 saturated carbocycles. The molecule has 0 bridgehead atoms. The lowest BCUT2D eigenvalue weighted by Gasteiger charge is -2.33. The molecule has 3 rings (SSSR count). The highest BCUT2D eigenvalue weighted by Gasteiger charge is 2.28. The highest BCUT2D eigenvalue weighted by molar-refractivity contribution is 5.87. The van der Waals surface area contributed by atoms with Gasteiger partial charge in [-0.3, -0.25) is 4.79 Å². The first kappa shape index (κ1) is 20.1. The molecule has 0 spiro atoms. The summed E-state index contributed by atoms with van der Waals surface area (Å²) in [5, 5.41) is 9.35. The summed E-state index contributed by atoms with van der Waals surface area (Å²) in [6.45, 7) is 7.43. The molecule has 1 aliphatic heterocycles. The SMILES string of the molecule is COCCCOc1cc2c(cc1C)-c1cc(=O)c(C(=O)O)cn1C(C(C)C)C2. The zero-order valence-corrected chi connectivity index (χ0v) is 16.8. The number of carboxylic acid groups (broad SMARTS) is 1. The van der Waals surface area contributed by atoms with E-state index in [4.69, 9.17) is 9.47 Å². The number of methoxy groups -OCH3 is 1. The van der Waals surface area contributed by atoms with Crippen LogP contribution in [0.2, 0.25) is 0 Å². The first-order valence-electron chi connectivity index (χ1n) is 9.58. The Balaban J connectivity index is 2.07. The quantitative estimate of drug-likeness (QED) is 0.736. The lowest BCUT2D eigenvalue weighted by Crippen LogP contribution is -2.28. The molecule has 2 aromatic rings. The topological polar surface area (TPSA) is 77.8 Å². The molecular formula is C22H27NO5. The molecule has 0 radical (unpaired) electrons. The Morgan fingerprint density at radius 1 is 1.29 bits per heavy atom. The van der Waals surface area contributed by atoms with Crippen molar-refractivity contribution in [3.8, 4) is 17.0 Å². The van der Waals surface area contributed by atoms with E-state index in [-0.39, 0.29) is 17.5 Å². The van der Waals surface area contributed by atoms with Gasteiger partial charge in [0.1, 0.15) is 11.3 Å². The molecule has 6 nitrogen and oxygen atoms in total. The number of hydrogen-bond acceptors (Lipinski definition) is 4. The molecule has 6 heteroatoms. The van der Waals surface area contributed by atoms with E-state index >= 15 is 0 Å². The number of fused-ring (bicyclic) bond motifs is 3. The third kappa shape index (κ3) is 3.83. The Morgan fingerprint density at radius 2 is 2.04 bits per heavy atom. The molecule has 0 fully saturated rings. The highest BCUT2D eigenvalue weighted by atomic mass is 16.5. The van der Waals surface area contributed by atoms with E-state index in [9.17, 15) is 14.7 Å². The normalized spacial score (nSPS) is 15.2. The largest absolute Gasteiger partial charge is 0.493 e. The smallest absolute Gasteiger partial charge is 0.341 e. The van der Waals surface area contributed by atoms with Crippen molar-refractivity contribution in [3.05, 3.63) is 51.3 Å². The lowest BCUT2D eigenvalue weighted by atomic mass is 9.86. The van der Waals surface area contributed by atoms with Crippen LogP contribution in [0.3, 0.4) is 0 Å². The Morgan fingerprint density at radius 3 is 2.68 bits per heavy atom. The number of carbonyl (C=O) groups is 1. The zero-order valence-electron chi connectivity index (χ0n) is 16.8. The van der Waals surface area contributed by atoms with E-state index in [0.717, 1.165) is 41.0 Å². The summed E-state index contributed by atoms with van der Waals surface area (Å²) >= 11 is 0. The summed E-state index contributed by atoms with van der Waals surface area (Å²) in [5.74, 6) is -0.0664. The average molecular weight is 385 g/mol. The number of hydrogen-bond donors (Lipinski definition) is 1. The molecule has 2 heterocycles. The van der Waals surface area contributed by atoms with Crippen LogP contribution in [0.15, 0.2) is 29.2 Å². The van der Waals surface area contributed by atoms with Gasteiger partial charge >= 0.3 is 5.97 Å². The fourth-order valence-electron chi connectivity index (χ4n) is 3.76. The van der Waals surface area contributed by atoms with E-state index in [1.54, 1.807) is 7.11 Å². The van der Waals surface area contributed by atoms with E-state index in [1.807, 2.05) is 17.6 Å². The van der Waals surface area contributed by atoms with Gasteiger partial charge in [-0.2, -0.15) is 0 Å². The summed E-state index contributed by atoms with van der Waals surface area (Å²) in [5.41, 5.74) is 3.19. The Kier molecular flexibility index (Phi) is 5.89. The van der Waals surface area contributed by atoms with Crippen LogP contribution < -0.4 is 10.2 Å². The maximum Gasteiger partial charge on any atom is 0.341 e. The van der Waals surface area contributed by atoms with Crippen LogP contribution in [0.25, 0.3) is 11.3 Å². The van der Waals surface area contributed by atoms with Crippen molar-refractivity contribution < 1.29 is 19.4 Å². The van der Waals surface area contributed by atoms with Gasteiger partial charge in [0, 0.05) is 44.0 Å². The summed E-state index contributed by atoms with van der Waals surface area (Å²) in [6.07, 6.45) is 3.08. The minimum Gasteiger partial charge on any atom is -0.493 e. The van der Waals surface area contributed by atoms with Crippen LogP contribution in [0.5, 0.6) is 5.75 Å². The van der Waals surface area contributed by atoms with E-state index < -0.39 is 11.4 Å². The van der Waals surface area contributed by atoms with E-state index in [0.29, 0.717) is 13.2 Å². The first-order chi connectivity index (χ1) is 13.3. The molecule has 1 unspecified atom stereocenters. The van der Waals surface area contributed by atoms with Gasteiger partial charge in [0.15, 0.2) is 5.43 Å². The summed E-state index contributed by atoms with van der Waals surface area (Å²) in [7, 11) is 1.67. The van der Waals surface area contributed by atoms with Crippen LogP contribution >= 0.6 is 0 Å². The molecule has 1 aromatic heterocycles. The van der Waals surface area contributed by atoms with Crippen LogP contribution in [-0.2, 0) is 11.2 Å². The van der Waals surface area contributed by atoms with Gasteiger partial charge in [-0.15, -0.1) is 0 Å². The van der Waals surface area contributed by atoms with Gasteiger partial charge < -0.3 is 19.1 Å². The van der Waals surface area contributed by atoms with Crippen molar-refractivity contribution in [2.45, 2.75) is 39.7 Å². The van der Waals surface area contributed by atoms with Gasteiger partial charge in [-0.05, 0) is 42.5 Å². The van der Waals surface area contributed by atoms with Crippen LogP contribution in [-0.4, -0.2) is 36.0 Å². The number of rotatable bonds is 7. The number of pyridine rings is 1. The molecule has 0 saturated heterocycles. The van der Waals surface area contributed by atoms with Gasteiger partial charge in [0.25, 0.3) is 0 Å². The molecule has 1 aromatic carbocycles. The molecule has 0 aliphatic carbocycles. The third-order valence-corrected chi connectivity index (χ3v) is 5.29. The van der Waals surface area contributed by atoms with Gasteiger partial charge in [0.2, 0.25) is 0 Å². The number of benzene rings is 1. The molecule has 1 atom stereocenters. The Bertz CT molecular complexity index is 945. The lowest BCUT2D eigenvalue weighted by molar-refractivity contribution is 0.0694. The number of aryl methyl sites for hydroxylation is 1. The first-order valence-corrected chi connectivity index (χ1v) is 9.58. The maximum absolute atomic E-state index is 12.3. The molecular weight excluding hydrogens is 358 g/mol. The van der Waals surface area contributed by atoms with Gasteiger partial charge in [0.05, 0.1) is 12.3 Å². The number of carboxylic acids is 1. The predicted octanol–water partition coefficient (Wildman–Crippen LogP) is 3.69. The second kappa shape index (κ2) is 8.19. The Labute approximate surface area is 164 Å². The average Bonchev–Trinajstić information content (AvgIpc) is 2.64. The predicted molar refractivity (Wildman–Crippen MR) is 107 cm³/mol. The van der Waals surface area contributed by atoms with Crippen LogP contribution in [0, 0.1) is 12.8 Å². The van der Waals surface area contributed by atoms with Crippen molar-refractivity contribution in [1.29, 1.82) is 0 Å². The minimum atomic E-state index is -1.19. The van der Waals surface area contributed by atoms with Crippen molar-refractivity contribution in [2.24, 2.45) is 5.92 Å². The fraction of sp³-hybridized carbons (Fsp3) is 0.455. The van der Waals surface area contributed by atoms with Crippen LogP contribution in [0.1, 0.15) is 47.8 Å². The molecule has 1 aliphatic rings. The van der Waals surface area contributed by atoms with Crippen molar-refractivity contribution in [2.75, 3.05) is 20.3 Å². The number of nitrogens with zero attached hydrogens (tertiary/aromatic N) is 1. The Hall–Kier alpha value is -2.60. The standard InChI is InChI=1S/C22H27NO5/c1-13(2)18-9-15-10-21(28-7-5-6-27-4)14(3)8-16(15)19-11-20(24)17(22(25)26)12-23(18)19/h8,10-13,18H,5-7,9H2,1-4H3,(H,25,26). The second-order valence-corrected chi connectivity index (χ2v) is 7.63. The van der Waals surface area contributed by atoms with E-state index in [2.05, 4.69) is 19.9 Å². The minimum absolute atomic E-state index is 0.0743. The summed E-state index contributed by atoms with van der Waals surface area (Å²) in [6, 6.07) is 5.62. The van der Waals surface area contributed by atoms with Crippen LogP contribution in [0.4, 0.5) is 0 Å². The number of ether oxygens (including phenoxy) is 2. The highest BCUT2D eigenvalue weighted by Crippen LogP contribution is 2.40. The molecule has 0 amide bonds. The summed E-state index contributed by atoms with van der Waals surface area (Å²) < 4.78 is 13.0. The molecule has 1 N–H and O–H groups in total. The van der Waals surface area contributed by atoms with Crippen molar-refractivity contribution in [1.82, 2.24) is 4.57 Å². The van der Waals surface area contributed by atoms with Crippen molar-refractivity contribution >= 4 is 5.97 Å². The van der Waals surface area contributed by atoms with Crippen molar-refractivity contribution in [3.63, 3.8) is 0 Å². The monoisotopic (exact) mass is 385 g/mol. The molecule has 28 heavy (non-hydrogen) atoms. The number of aromatic carboxylic acids is 1. The second-order valence-electron chi connectivity index (χ2n) is 7.63. The van der Waals surface area contributed by atoms with E-state index in [1.165, 1.54) is 12.3 Å². The molecule has 150 valence electrons. The van der Waals surface area contributed by atoms with Gasteiger partial charge in [-0.1, -0.05) is 13.8 Å². The number of aromatic nitrogens is 1. The summed E-state index contributed by atoms with van der Waals surface area (Å²) in [4.78, 5) is 23.8. The third-order valence-electron chi connectivity index (χ3n) is 5.29. The van der Waals surface area contributed by atoms with Gasteiger partial charge in [-0.25, -0.2) is 4.79 Å².